The Kier molecular flexibility index (Phi) is 5.41. The average molecular weight is 435 g/mol. The Morgan fingerprint density at radius 3 is 2.50 bits per heavy atom. The molecule has 0 amide bonds. The van der Waals surface area contributed by atoms with Crippen LogP contribution < -0.4 is 16.2 Å². The van der Waals surface area contributed by atoms with Crippen molar-refractivity contribution in [3.63, 3.8) is 0 Å². The van der Waals surface area contributed by atoms with Crippen LogP contribution >= 0.6 is 11.6 Å². The molecular formula is C22H28ClFN4O2. The largest absolute Gasteiger partial charge is 0.376 e. The molecule has 4 rings (SSSR count). The second-order valence-corrected chi connectivity index (χ2v) is 9.02. The Bertz CT molecular complexity index is 1050. The van der Waals surface area contributed by atoms with E-state index < -0.39 is 5.82 Å². The van der Waals surface area contributed by atoms with Gasteiger partial charge in [-0.05, 0) is 52.7 Å². The molecule has 8 heteroatoms. The van der Waals surface area contributed by atoms with Crippen LogP contribution in [0.4, 0.5) is 10.2 Å². The summed E-state index contributed by atoms with van der Waals surface area (Å²) in [5.41, 5.74) is 7.54. The Morgan fingerprint density at radius 2 is 1.90 bits per heavy atom. The molecule has 2 saturated heterocycles. The SMILES string of the molecule is Cc1c(F)ccc(-n2c(C)nc(N3CCC4(CC3)CO[C@H](C)[C@@H]4N)c(C)c2=O)c1Cl. The highest BCUT2D eigenvalue weighted by molar-refractivity contribution is 6.33. The van der Waals surface area contributed by atoms with Gasteiger partial charge in [-0.2, -0.15) is 0 Å². The number of nitrogens with two attached hydrogens (primary N) is 1. The number of rotatable bonds is 2. The summed E-state index contributed by atoms with van der Waals surface area (Å²) in [7, 11) is 0. The van der Waals surface area contributed by atoms with Crippen LogP contribution in [0.25, 0.3) is 5.69 Å². The highest BCUT2D eigenvalue weighted by atomic mass is 35.5. The number of hydrogen-bond donors (Lipinski definition) is 1. The van der Waals surface area contributed by atoms with Crippen LogP contribution in [0.1, 0.15) is 36.7 Å². The summed E-state index contributed by atoms with van der Waals surface area (Å²) in [6.45, 7) is 9.42. The molecule has 2 aliphatic rings. The predicted molar refractivity (Wildman–Crippen MR) is 116 cm³/mol. The number of nitrogens with zero attached hydrogens (tertiary/aromatic N) is 3. The predicted octanol–water partition coefficient (Wildman–Crippen LogP) is 3.28. The van der Waals surface area contributed by atoms with Gasteiger partial charge in [-0.3, -0.25) is 9.36 Å². The molecule has 30 heavy (non-hydrogen) atoms. The zero-order chi connectivity index (χ0) is 21.8. The highest BCUT2D eigenvalue weighted by Gasteiger charge is 2.47. The zero-order valence-corrected chi connectivity index (χ0v) is 18.6. The fourth-order valence-electron chi connectivity index (χ4n) is 4.75. The lowest BCUT2D eigenvalue weighted by Crippen LogP contribution is -2.51. The van der Waals surface area contributed by atoms with Crippen molar-refractivity contribution in [3.8, 4) is 5.69 Å². The van der Waals surface area contributed by atoms with Crippen molar-refractivity contribution in [1.29, 1.82) is 0 Å². The van der Waals surface area contributed by atoms with Crippen molar-refractivity contribution >= 4 is 17.4 Å². The van der Waals surface area contributed by atoms with Crippen LogP contribution in [0.15, 0.2) is 16.9 Å². The quantitative estimate of drug-likeness (QED) is 0.785. The molecule has 3 heterocycles. The number of piperidine rings is 1. The van der Waals surface area contributed by atoms with E-state index in [1.165, 1.54) is 16.7 Å². The Morgan fingerprint density at radius 1 is 1.23 bits per heavy atom. The highest BCUT2D eigenvalue weighted by Crippen LogP contribution is 2.42. The van der Waals surface area contributed by atoms with Crippen molar-refractivity contribution < 1.29 is 9.13 Å². The summed E-state index contributed by atoms with van der Waals surface area (Å²) in [6.07, 6.45) is 1.89. The number of ether oxygens (including phenoxy) is 1. The Balaban J connectivity index is 1.67. The van der Waals surface area contributed by atoms with E-state index in [-0.39, 0.29) is 28.1 Å². The van der Waals surface area contributed by atoms with Crippen LogP contribution in [-0.4, -0.2) is 41.4 Å². The first-order valence-corrected chi connectivity index (χ1v) is 10.7. The van der Waals surface area contributed by atoms with E-state index in [4.69, 9.17) is 27.1 Å². The molecule has 1 spiro atoms. The summed E-state index contributed by atoms with van der Waals surface area (Å²) in [5, 5.41) is 0.221. The van der Waals surface area contributed by atoms with E-state index in [0.29, 0.717) is 35.1 Å². The molecule has 6 nitrogen and oxygen atoms in total. The van der Waals surface area contributed by atoms with Gasteiger partial charge in [-0.1, -0.05) is 11.6 Å². The van der Waals surface area contributed by atoms with Gasteiger partial charge in [0.25, 0.3) is 5.56 Å². The number of aromatic nitrogens is 2. The molecule has 2 N–H and O–H groups in total. The van der Waals surface area contributed by atoms with Crippen molar-refractivity contribution in [3.05, 3.63) is 50.3 Å². The molecule has 0 radical (unpaired) electrons. The van der Waals surface area contributed by atoms with Crippen molar-refractivity contribution in [1.82, 2.24) is 9.55 Å². The molecule has 2 aromatic rings. The summed E-state index contributed by atoms with van der Waals surface area (Å²) in [6, 6.07) is 2.88. The minimum absolute atomic E-state index is 0.00696. The Labute approximate surface area is 180 Å². The minimum atomic E-state index is -0.401. The second kappa shape index (κ2) is 7.62. The number of benzene rings is 1. The molecule has 0 bridgehead atoms. The lowest BCUT2D eigenvalue weighted by molar-refractivity contribution is 0.0974. The fraction of sp³-hybridized carbons (Fsp3) is 0.545. The van der Waals surface area contributed by atoms with Gasteiger partial charge in [-0.15, -0.1) is 0 Å². The van der Waals surface area contributed by atoms with E-state index in [1.54, 1.807) is 20.8 Å². The van der Waals surface area contributed by atoms with E-state index in [1.807, 2.05) is 6.92 Å². The smallest absolute Gasteiger partial charge is 0.263 e. The minimum Gasteiger partial charge on any atom is -0.376 e. The van der Waals surface area contributed by atoms with Gasteiger partial charge in [0.15, 0.2) is 0 Å². The molecule has 0 saturated carbocycles. The number of halogens is 2. The lowest BCUT2D eigenvalue weighted by atomic mass is 9.73. The standard InChI is InChI=1S/C22H28ClFN4O2/c1-12-16(24)5-6-17(18(12)23)28-15(4)26-20(13(2)21(28)29)27-9-7-22(8-10-27)11-30-14(3)19(22)25/h5-6,14,19H,7-11,25H2,1-4H3/t14-,19+/m1/s1. The summed E-state index contributed by atoms with van der Waals surface area (Å²) < 4.78 is 21.1. The van der Waals surface area contributed by atoms with Crippen molar-refractivity contribution in [2.75, 3.05) is 24.6 Å². The third-order valence-electron chi connectivity index (χ3n) is 6.90. The number of aryl methyl sites for hydroxylation is 1. The van der Waals surface area contributed by atoms with Crippen LogP contribution in [0.2, 0.25) is 5.02 Å². The van der Waals surface area contributed by atoms with E-state index in [0.717, 1.165) is 25.9 Å². The van der Waals surface area contributed by atoms with Gasteiger partial charge in [0, 0.05) is 30.1 Å². The monoisotopic (exact) mass is 434 g/mol. The third kappa shape index (κ3) is 3.24. The topological polar surface area (TPSA) is 73.4 Å². The average Bonchev–Trinajstić information content (AvgIpc) is 3.00. The maximum atomic E-state index is 13.8. The number of hydrogen-bond acceptors (Lipinski definition) is 5. The molecule has 0 unspecified atom stereocenters. The van der Waals surface area contributed by atoms with Crippen LogP contribution in [0, 0.1) is 32.0 Å². The summed E-state index contributed by atoms with van der Waals surface area (Å²) in [5.74, 6) is 0.809. The molecular weight excluding hydrogens is 407 g/mol. The maximum Gasteiger partial charge on any atom is 0.263 e. The van der Waals surface area contributed by atoms with E-state index in [2.05, 4.69) is 4.90 Å². The van der Waals surface area contributed by atoms with Gasteiger partial charge in [0.1, 0.15) is 17.5 Å². The van der Waals surface area contributed by atoms with E-state index in [9.17, 15) is 9.18 Å². The summed E-state index contributed by atoms with van der Waals surface area (Å²) >= 11 is 6.35. The molecule has 2 aliphatic heterocycles. The van der Waals surface area contributed by atoms with Crippen molar-refractivity contribution in [2.24, 2.45) is 11.1 Å². The molecule has 1 aromatic heterocycles. The normalized spacial score (nSPS) is 23.4. The molecule has 162 valence electrons. The number of anilines is 1. The van der Waals surface area contributed by atoms with Crippen LogP contribution in [0.3, 0.4) is 0 Å². The van der Waals surface area contributed by atoms with Crippen LogP contribution in [0.5, 0.6) is 0 Å². The first kappa shape index (κ1) is 21.3. The Hall–Kier alpha value is -1.96. The fourth-order valence-corrected chi connectivity index (χ4v) is 4.98. The first-order chi connectivity index (χ1) is 14.2. The third-order valence-corrected chi connectivity index (χ3v) is 7.37. The van der Waals surface area contributed by atoms with Crippen molar-refractivity contribution in [2.45, 2.75) is 52.7 Å². The van der Waals surface area contributed by atoms with Gasteiger partial charge >= 0.3 is 0 Å². The lowest BCUT2D eigenvalue weighted by Gasteiger charge is -2.42. The second-order valence-electron chi connectivity index (χ2n) is 8.65. The molecule has 2 fully saturated rings. The zero-order valence-electron chi connectivity index (χ0n) is 17.8. The molecule has 0 aliphatic carbocycles. The van der Waals surface area contributed by atoms with Gasteiger partial charge in [0.05, 0.1) is 29.0 Å². The summed E-state index contributed by atoms with van der Waals surface area (Å²) in [4.78, 5) is 20.2. The first-order valence-electron chi connectivity index (χ1n) is 10.3. The van der Waals surface area contributed by atoms with Crippen LogP contribution in [-0.2, 0) is 4.74 Å². The maximum absolute atomic E-state index is 13.8. The molecule has 1 aromatic carbocycles. The van der Waals surface area contributed by atoms with E-state index >= 15 is 0 Å². The van der Waals surface area contributed by atoms with Gasteiger partial charge < -0.3 is 15.4 Å². The molecule has 2 atom stereocenters. The van der Waals surface area contributed by atoms with Gasteiger partial charge in [0.2, 0.25) is 0 Å². The van der Waals surface area contributed by atoms with Gasteiger partial charge in [-0.25, -0.2) is 9.37 Å².